The first-order valence-corrected chi connectivity index (χ1v) is 8.32. The molecule has 1 heterocycles. The van der Waals surface area contributed by atoms with Gasteiger partial charge in [-0.1, -0.05) is 11.6 Å². The topological polar surface area (TPSA) is 87.5 Å². The van der Waals surface area contributed by atoms with Crippen molar-refractivity contribution in [1.29, 1.82) is 0 Å². The van der Waals surface area contributed by atoms with E-state index in [1.54, 1.807) is 0 Å². The van der Waals surface area contributed by atoms with Crippen molar-refractivity contribution in [3.05, 3.63) is 29.0 Å². The zero-order valence-corrected chi connectivity index (χ0v) is 14.1. The van der Waals surface area contributed by atoms with Gasteiger partial charge in [0.2, 0.25) is 11.8 Å². The number of nitrogens with one attached hydrogen (secondary N) is 2. The first-order chi connectivity index (χ1) is 11.5. The third kappa shape index (κ3) is 5.43. The Morgan fingerprint density at radius 1 is 1.42 bits per heavy atom. The van der Waals surface area contributed by atoms with E-state index in [9.17, 15) is 14.0 Å². The summed E-state index contributed by atoms with van der Waals surface area (Å²) in [7, 11) is 0. The highest BCUT2D eigenvalue weighted by Crippen LogP contribution is 2.22. The maximum atomic E-state index is 13.0. The number of amides is 2. The van der Waals surface area contributed by atoms with Gasteiger partial charge in [0.1, 0.15) is 5.82 Å². The van der Waals surface area contributed by atoms with Crippen molar-refractivity contribution in [2.75, 3.05) is 38.0 Å². The van der Waals surface area contributed by atoms with Gasteiger partial charge in [-0.2, -0.15) is 0 Å². The summed E-state index contributed by atoms with van der Waals surface area (Å²) in [4.78, 5) is 26.1. The number of benzene rings is 1. The molecule has 0 saturated carbocycles. The van der Waals surface area contributed by atoms with E-state index in [4.69, 9.17) is 17.3 Å². The van der Waals surface area contributed by atoms with Gasteiger partial charge in [0, 0.05) is 19.6 Å². The highest BCUT2D eigenvalue weighted by molar-refractivity contribution is 6.33. The van der Waals surface area contributed by atoms with Crippen LogP contribution < -0.4 is 16.4 Å². The van der Waals surface area contributed by atoms with E-state index in [1.165, 1.54) is 12.1 Å². The number of anilines is 1. The number of carbonyl (C=O) groups is 2. The summed E-state index contributed by atoms with van der Waals surface area (Å²) in [5.41, 5.74) is 5.75. The SMILES string of the molecule is NCCNC(=O)C1CCCN(CC(=O)Nc2ccc(F)cc2Cl)C1. The van der Waals surface area contributed by atoms with Gasteiger partial charge in [-0.25, -0.2) is 4.39 Å². The minimum absolute atomic E-state index is 0.0212. The average molecular weight is 357 g/mol. The Labute approximate surface area is 145 Å². The molecule has 0 bridgehead atoms. The fourth-order valence-corrected chi connectivity index (χ4v) is 2.95. The van der Waals surface area contributed by atoms with E-state index in [-0.39, 0.29) is 29.3 Å². The van der Waals surface area contributed by atoms with Gasteiger partial charge in [0.15, 0.2) is 0 Å². The zero-order valence-electron chi connectivity index (χ0n) is 13.4. The fraction of sp³-hybridized carbons (Fsp3) is 0.500. The Morgan fingerprint density at radius 3 is 2.92 bits per heavy atom. The normalized spacial score (nSPS) is 18.2. The number of hydrogen-bond acceptors (Lipinski definition) is 4. The van der Waals surface area contributed by atoms with Crippen LogP contribution in [0.1, 0.15) is 12.8 Å². The van der Waals surface area contributed by atoms with Crippen LogP contribution in [0.2, 0.25) is 5.02 Å². The van der Waals surface area contributed by atoms with Crippen molar-refractivity contribution in [2.45, 2.75) is 12.8 Å². The minimum atomic E-state index is -0.458. The molecule has 1 unspecified atom stereocenters. The average Bonchev–Trinajstić information content (AvgIpc) is 2.55. The number of nitrogens with zero attached hydrogens (tertiary/aromatic N) is 1. The van der Waals surface area contributed by atoms with Gasteiger partial charge in [0.05, 0.1) is 23.2 Å². The first kappa shape index (κ1) is 18.6. The standard InChI is InChI=1S/C16H22ClFN4O2/c17-13-8-12(18)3-4-14(13)21-15(23)10-22-7-1-2-11(9-22)16(24)20-6-5-19/h3-4,8,11H,1-2,5-7,9-10,19H2,(H,20,24)(H,21,23). The Bertz CT molecular complexity index is 599. The molecule has 1 aliphatic rings. The van der Waals surface area contributed by atoms with Crippen molar-refractivity contribution in [2.24, 2.45) is 11.7 Å². The number of rotatable bonds is 6. The minimum Gasteiger partial charge on any atom is -0.355 e. The van der Waals surface area contributed by atoms with E-state index in [0.29, 0.717) is 25.3 Å². The van der Waals surface area contributed by atoms with Crippen LogP contribution in [0, 0.1) is 11.7 Å². The molecule has 1 aliphatic heterocycles. The number of nitrogens with two attached hydrogens (primary N) is 1. The highest BCUT2D eigenvalue weighted by Gasteiger charge is 2.26. The lowest BCUT2D eigenvalue weighted by molar-refractivity contribution is -0.127. The Hall–Kier alpha value is -1.70. The smallest absolute Gasteiger partial charge is 0.238 e. The molecular weight excluding hydrogens is 335 g/mol. The third-order valence-electron chi connectivity index (χ3n) is 3.89. The predicted octanol–water partition coefficient (Wildman–Crippen LogP) is 1.20. The first-order valence-electron chi connectivity index (χ1n) is 7.94. The molecule has 1 aromatic rings. The molecule has 0 radical (unpaired) electrons. The van der Waals surface area contributed by atoms with Crippen LogP contribution in [0.15, 0.2) is 18.2 Å². The molecule has 0 spiro atoms. The lowest BCUT2D eigenvalue weighted by atomic mass is 9.97. The summed E-state index contributed by atoms with van der Waals surface area (Å²) in [5.74, 6) is -0.855. The van der Waals surface area contributed by atoms with Gasteiger partial charge >= 0.3 is 0 Å². The van der Waals surface area contributed by atoms with E-state index < -0.39 is 5.82 Å². The van der Waals surface area contributed by atoms with Crippen molar-refractivity contribution < 1.29 is 14.0 Å². The number of likely N-dealkylation sites (tertiary alicyclic amines) is 1. The molecule has 0 aliphatic carbocycles. The lowest BCUT2D eigenvalue weighted by Gasteiger charge is -2.31. The second kappa shape index (κ2) is 8.96. The molecule has 2 amide bonds. The lowest BCUT2D eigenvalue weighted by Crippen LogP contribution is -2.46. The molecule has 0 aromatic heterocycles. The van der Waals surface area contributed by atoms with Crippen molar-refractivity contribution in [3.63, 3.8) is 0 Å². The van der Waals surface area contributed by atoms with Crippen LogP contribution in [0.4, 0.5) is 10.1 Å². The fourth-order valence-electron chi connectivity index (χ4n) is 2.74. The second-order valence-electron chi connectivity index (χ2n) is 5.83. The van der Waals surface area contributed by atoms with Crippen LogP contribution >= 0.6 is 11.6 Å². The second-order valence-corrected chi connectivity index (χ2v) is 6.23. The molecular formula is C16H22ClFN4O2. The largest absolute Gasteiger partial charge is 0.355 e. The van der Waals surface area contributed by atoms with Crippen molar-refractivity contribution >= 4 is 29.1 Å². The van der Waals surface area contributed by atoms with Crippen LogP contribution in [0.25, 0.3) is 0 Å². The monoisotopic (exact) mass is 356 g/mol. The molecule has 4 N–H and O–H groups in total. The number of carbonyl (C=O) groups excluding carboxylic acids is 2. The maximum absolute atomic E-state index is 13.0. The van der Waals surface area contributed by atoms with Gasteiger partial charge in [-0.15, -0.1) is 0 Å². The summed E-state index contributed by atoms with van der Waals surface area (Å²) < 4.78 is 13.0. The number of hydrogen-bond donors (Lipinski definition) is 3. The summed E-state index contributed by atoms with van der Waals surface area (Å²) in [6.45, 7) is 2.31. The zero-order chi connectivity index (χ0) is 17.5. The van der Waals surface area contributed by atoms with Crippen LogP contribution in [0.3, 0.4) is 0 Å². The molecule has 132 valence electrons. The van der Waals surface area contributed by atoms with E-state index in [2.05, 4.69) is 10.6 Å². The highest BCUT2D eigenvalue weighted by atomic mass is 35.5. The molecule has 6 nitrogen and oxygen atoms in total. The number of halogens is 2. The molecule has 1 atom stereocenters. The summed E-state index contributed by atoms with van der Waals surface area (Å²) in [6, 6.07) is 3.81. The van der Waals surface area contributed by atoms with Crippen LogP contribution in [-0.4, -0.2) is 49.4 Å². The van der Waals surface area contributed by atoms with Gasteiger partial charge in [-0.05, 0) is 37.6 Å². The van der Waals surface area contributed by atoms with Gasteiger partial charge in [0.25, 0.3) is 0 Å². The van der Waals surface area contributed by atoms with Crippen molar-refractivity contribution in [1.82, 2.24) is 10.2 Å². The molecule has 24 heavy (non-hydrogen) atoms. The Kier molecular flexibility index (Phi) is 6.96. The summed E-state index contributed by atoms with van der Waals surface area (Å²) in [5, 5.41) is 5.60. The molecule has 2 rings (SSSR count). The van der Waals surface area contributed by atoms with Gasteiger partial charge < -0.3 is 16.4 Å². The number of piperidine rings is 1. The van der Waals surface area contributed by atoms with E-state index >= 15 is 0 Å². The quantitative estimate of drug-likeness (QED) is 0.715. The van der Waals surface area contributed by atoms with E-state index in [0.717, 1.165) is 25.5 Å². The molecule has 1 saturated heterocycles. The Balaban J connectivity index is 1.85. The molecule has 1 aromatic carbocycles. The van der Waals surface area contributed by atoms with Crippen LogP contribution in [-0.2, 0) is 9.59 Å². The molecule has 8 heteroatoms. The van der Waals surface area contributed by atoms with Crippen LogP contribution in [0.5, 0.6) is 0 Å². The predicted molar refractivity (Wildman–Crippen MR) is 91.3 cm³/mol. The van der Waals surface area contributed by atoms with Gasteiger partial charge in [-0.3, -0.25) is 14.5 Å². The Morgan fingerprint density at radius 2 is 2.21 bits per heavy atom. The summed E-state index contributed by atoms with van der Waals surface area (Å²) >= 11 is 5.90. The van der Waals surface area contributed by atoms with Crippen molar-refractivity contribution in [3.8, 4) is 0 Å². The third-order valence-corrected chi connectivity index (χ3v) is 4.21. The maximum Gasteiger partial charge on any atom is 0.238 e. The van der Waals surface area contributed by atoms with E-state index in [1.807, 2.05) is 4.90 Å². The molecule has 1 fully saturated rings. The summed E-state index contributed by atoms with van der Waals surface area (Å²) in [6.07, 6.45) is 1.66.